The number of benzene rings is 1. The van der Waals surface area contributed by atoms with E-state index in [9.17, 15) is 0 Å². The molecule has 21 heavy (non-hydrogen) atoms. The van der Waals surface area contributed by atoms with E-state index in [2.05, 4.69) is 15.0 Å². The highest BCUT2D eigenvalue weighted by atomic mass is 16.5. The summed E-state index contributed by atoms with van der Waals surface area (Å²) in [6.07, 6.45) is 0. The fourth-order valence-corrected chi connectivity index (χ4v) is 1.54. The first-order chi connectivity index (χ1) is 10.2. The van der Waals surface area contributed by atoms with Crippen LogP contribution in [0.3, 0.4) is 0 Å². The van der Waals surface area contributed by atoms with Crippen molar-refractivity contribution < 1.29 is 24.1 Å². The van der Waals surface area contributed by atoms with E-state index in [4.69, 9.17) is 24.1 Å². The molecule has 0 aliphatic carbocycles. The van der Waals surface area contributed by atoms with Crippen molar-refractivity contribution >= 4 is 0 Å². The van der Waals surface area contributed by atoms with Crippen molar-refractivity contribution in [2.24, 2.45) is 0 Å². The summed E-state index contributed by atoms with van der Waals surface area (Å²) in [6.45, 7) is -0.0932. The Labute approximate surface area is 121 Å². The van der Waals surface area contributed by atoms with E-state index in [0.29, 0.717) is 17.1 Å². The molecule has 1 N–H and O–H groups in total. The summed E-state index contributed by atoms with van der Waals surface area (Å²) in [7, 11) is 4.35. The Morgan fingerprint density at radius 2 is 1.48 bits per heavy atom. The fourth-order valence-electron chi connectivity index (χ4n) is 1.54. The number of ether oxygens (including phenoxy) is 4. The molecular weight excluding hydrogens is 278 g/mol. The quantitative estimate of drug-likeness (QED) is 0.848. The molecule has 0 spiro atoms. The van der Waals surface area contributed by atoms with Gasteiger partial charge in [0, 0.05) is 0 Å². The van der Waals surface area contributed by atoms with Crippen molar-refractivity contribution in [1.29, 1.82) is 0 Å². The third-order valence-corrected chi connectivity index (χ3v) is 2.55. The Morgan fingerprint density at radius 3 is 2.00 bits per heavy atom. The highest BCUT2D eigenvalue weighted by Gasteiger charge is 2.12. The van der Waals surface area contributed by atoms with Crippen LogP contribution in [0.2, 0.25) is 0 Å². The zero-order chi connectivity index (χ0) is 15.2. The molecule has 0 atom stereocenters. The topological polar surface area (TPSA) is 95.8 Å². The highest BCUT2D eigenvalue weighted by Crippen LogP contribution is 2.31. The summed E-state index contributed by atoms with van der Waals surface area (Å²) in [5.41, 5.74) is 0.699. The van der Waals surface area contributed by atoms with Gasteiger partial charge in [-0.1, -0.05) is 6.07 Å². The van der Waals surface area contributed by atoms with Crippen LogP contribution in [-0.2, 0) is 6.61 Å². The molecule has 1 aromatic heterocycles. The van der Waals surface area contributed by atoms with Gasteiger partial charge in [0.15, 0.2) is 11.5 Å². The predicted octanol–water partition coefficient (Wildman–Crippen LogP) is 1.18. The molecule has 0 aliphatic rings. The molecule has 8 heteroatoms. The number of rotatable bonds is 6. The van der Waals surface area contributed by atoms with Crippen LogP contribution in [0.25, 0.3) is 0 Å². The number of nitrogens with zero attached hydrogens (tertiary/aromatic N) is 3. The second kappa shape index (κ2) is 6.71. The molecule has 0 unspecified atom stereocenters. The van der Waals surface area contributed by atoms with Crippen LogP contribution in [0, 0.1) is 0 Å². The minimum Gasteiger partial charge on any atom is -0.493 e. The summed E-state index contributed by atoms with van der Waals surface area (Å²) < 4.78 is 20.6. The summed E-state index contributed by atoms with van der Waals surface area (Å²) in [5, 5.41) is 9.11. The summed E-state index contributed by atoms with van der Waals surface area (Å²) in [5.74, 6) is 0.838. The molecule has 2 rings (SSSR count). The summed E-state index contributed by atoms with van der Waals surface area (Å²) in [4.78, 5) is 11.8. The number of aliphatic hydroxyl groups excluding tert-OH is 1. The van der Waals surface area contributed by atoms with Gasteiger partial charge in [-0.15, -0.1) is 15.0 Å². The SMILES string of the molecule is COc1nc(OC)nc(Oc2ccc(CO)cc2OC)n1. The lowest BCUT2D eigenvalue weighted by molar-refractivity contribution is 0.280. The maximum atomic E-state index is 9.11. The smallest absolute Gasteiger partial charge is 0.331 e. The molecule has 1 heterocycles. The Bertz CT molecular complexity index is 599. The zero-order valence-electron chi connectivity index (χ0n) is 11.9. The molecule has 0 saturated carbocycles. The molecule has 8 nitrogen and oxygen atoms in total. The van der Waals surface area contributed by atoms with E-state index >= 15 is 0 Å². The van der Waals surface area contributed by atoms with Crippen molar-refractivity contribution in [2.75, 3.05) is 21.3 Å². The van der Waals surface area contributed by atoms with Crippen molar-refractivity contribution in [3.05, 3.63) is 23.8 Å². The largest absolute Gasteiger partial charge is 0.493 e. The number of hydrogen-bond donors (Lipinski definition) is 1. The third kappa shape index (κ3) is 3.48. The zero-order valence-corrected chi connectivity index (χ0v) is 11.9. The lowest BCUT2D eigenvalue weighted by Crippen LogP contribution is -2.02. The van der Waals surface area contributed by atoms with Crippen LogP contribution in [-0.4, -0.2) is 41.4 Å². The van der Waals surface area contributed by atoms with Crippen molar-refractivity contribution in [3.8, 4) is 29.5 Å². The second-order valence-corrected chi connectivity index (χ2v) is 3.84. The van der Waals surface area contributed by atoms with Crippen LogP contribution in [0.5, 0.6) is 29.5 Å². The maximum absolute atomic E-state index is 9.11. The number of aromatic nitrogens is 3. The van der Waals surface area contributed by atoms with E-state index in [1.165, 1.54) is 21.3 Å². The predicted molar refractivity (Wildman–Crippen MR) is 71.9 cm³/mol. The molecular formula is C13H15N3O5. The lowest BCUT2D eigenvalue weighted by atomic mass is 10.2. The maximum Gasteiger partial charge on any atom is 0.331 e. The first-order valence-electron chi connectivity index (χ1n) is 5.99. The minimum absolute atomic E-state index is 0.00810. The Kier molecular flexibility index (Phi) is 4.72. The molecule has 1 aromatic carbocycles. The molecule has 0 bridgehead atoms. The number of hydrogen-bond acceptors (Lipinski definition) is 8. The van der Waals surface area contributed by atoms with E-state index in [1.54, 1.807) is 18.2 Å². The van der Waals surface area contributed by atoms with Crippen LogP contribution in [0.4, 0.5) is 0 Å². The van der Waals surface area contributed by atoms with Gasteiger partial charge in [0.1, 0.15) is 0 Å². The van der Waals surface area contributed by atoms with Crippen molar-refractivity contribution in [3.63, 3.8) is 0 Å². The van der Waals surface area contributed by atoms with Gasteiger partial charge in [0.05, 0.1) is 27.9 Å². The second-order valence-electron chi connectivity index (χ2n) is 3.84. The van der Waals surface area contributed by atoms with Gasteiger partial charge >= 0.3 is 18.0 Å². The third-order valence-electron chi connectivity index (χ3n) is 2.55. The van der Waals surface area contributed by atoms with Crippen LogP contribution in [0.1, 0.15) is 5.56 Å². The van der Waals surface area contributed by atoms with Gasteiger partial charge in [-0.05, 0) is 17.7 Å². The molecule has 0 aliphatic heterocycles. The normalized spacial score (nSPS) is 10.1. The van der Waals surface area contributed by atoms with Gasteiger partial charge in [-0.2, -0.15) is 0 Å². The number of methoxy groups -OCH3 is 3. The van der Waals surface area contributed by atoms with Crippen LogP contribution < -0.4 is 18.9 Å². The molecule has 0 amide bonds. The Morgan fingerprint density at radius 1 is 0.857 bits per heavy atom. The van der Waals surface area contributed by atoms with Gasteiger partial charge in [0.2, 0.25) is 0 Å². The van der Waals surface area contributed by atoms with E-state index in [1.807, 2.05) is 0 Å². The Hall–Kier alpha value is -2.61. The molecule has 112 valence electrons. The molecule has 2 aromatic rings. The highest BCUT2D eigenvalue weighted by molar-refractivity contribution is 5.44. The number of aliphatic hydroxyl groups is 1. The Balaban J connectivity index is 2.33. The van der Waals surface area contributed by atoms with E-state index < -0.39 is 0 Å². The monoisotopic (exact) mass is 293 g/mol. The van der Waals surface area contributed by atoms with Gasteiger partial charge in [-0.3, -0.25) is 0 Å². The average molecular weight is 293 g/mol. The molecule has 0 saturated heterocycles. The van der Waals surface area contributed by atoms with Gasteiger partial charge in [-0.25, -0.2) is 0 Å². The van der Waals surface area contributed by atoms with Crippen LogP contribution >= 0.6 is 0 Å². The van der Waals surface area contributed by atoms with E-state index in [-0.39, 0.29) is 24.6 Å². The standard InChI is InChI=1S/C13H15N3O5/c1-18-10-6-8(7-17)4-5-9(10)21-13-15-11(19-2)14-12(16-13)20-3/h4-6,17H,7H2,1-3H3. The van der Waals surface area contributed by atoms with Crippen LogP contribution in [0.15, 0.2) is 18.2 Å². The minimum atomic E-state index is -0.0932. The fraction of sp³-hybridized carbons (Fsp3) is 0.308. The average Bonchev–Trinajstić information content (AvgIpc) is 2.54. The van der Waals surface area contributed by atoms with Gasteiger partial charge in [0.25, 0.3) is 0 Å². The van der Waals surface area contributed by atoms with Crippen molar-refractivity contribution in [1.82, 2.24) is 15.0 Å². The lowest BCUT2D eigenvalue weighted by Gasteiger charge is -2.10. The van der Waals surface area contributed by atoms with Crippen molar-refractivity contribution in [2.45, 2.75) is 6.61 Å². The first kappa shape index (κ1) is 14.8. The molecule has 0 radical (unpaired) electrons. The van der Waals surface area contributed by atoms with E-state index in [0.717, 1.165) is 0 Å². The summed E-state index contributed by atoms with van der Waals surface area (Å²) >= 11 is 0. The van der Waals surface area contributed by atoms with Gasteiger partial charge < -0.3 is 24.1 Å². The summed E-state index contributed by atoms with van der Waals surface area (Å²) in [6, 6.07) is 5.16. The first-order valence-corrected chi connectivity index (χ1v) is 5.99. The molecule has 0 fully saturated rings.